The molecule has 6 heteroatoms. The van der Waals surface area contributed by atoms with Crippen LogP contribution in [-0.4, -0.2) is 59.7 Å². The molecule has 4 rings (SSSR count). The summed E-state index contributed by atoms with van der Waals surface area (Å²) in [5.41, 5.74) is 3.31. The molecule has 0 aromatic carbocycles. The summed E-state index contributed by atoms with van der Waals surface area (Å²) < 4.78 is 2.20. The standard InChI is InChI=1S/C21H28N6/c1-22-14-18-21(27-11-6-4-5-7-20(27)24-18)16-8-9-19(23-13-16)26-12-10-17(15-26)25(2)3/h4-6,8-9,11,13,17,22H,7,10,12,14-15H2,1-3H3. The minimum absolute atomic E-state index is 0.608. The number of nitrogens with one attached hydrogen (secondary N) is 1. The molecule has 1 unspecified atom stereocenters. The van der Waals surface area contributed by atoms with E-state index in [2.05, 4.69) is 70.3 Å². The molecule has 0 amide bonds. The molecule has 0 spiro atoms. The fourth-order valence-corrected chi connectivity index (χ4v) is 3.90. The van der Waals surface area contributed by atoms with Crippen LogP contribution in [0.5, 0.6) is 0 Å². The molecule has 6 nitrogen and oxygen atoms in total. The number of anilines is 1. The first-order valence-corrected chi connectivity index (χ1v) is 9.63. The quantitative estimate of drug-likeness (QED) is 0.883. The summed E-state index contributed by atoms with van der Waals surface area (Å²) in [6.45, 7) is 2.85. The molecule has 4 heterocycles. The predicted octanol–water partition coefficient (Wildman–Crippen LogP) is 2.39. The topological polar surface area (TPSA) is 49.2 Å². The van der Waals surface area contributed by atoms with E-state index >= 15 is 0 Å². The number of rotatable bonds is 5. The average molecular weight is 364 g/mol. The normalized spacial score (nSPS) is 19.0. The van der Waals surface area contributed by atoms with Gasteiger partial charge in [0.25, 0.3) is 0 Å². The van der Waals surface area contributed by atoms with Gasteiger partial charge in [0, 0.05) is 50.1 Å². The highest BCUT2D eigenvalue weighted by Crippen LogP contribution is 2.29. The van der Waals surface area contributed by atoms with Crippen LogP contribution < -0.4 is 10.2 Å². The first kappa shape index (κ1) is 17.9. The van der Waals surface area contributed by atoms with E-state index in [0.29, 0.717) is 6.04 Å². The summed E-state index contributed by atoms with van der Waals surface area (Å²) in [7, 11) is 6.27. The molecule has 1 atom stereocenters. The molecule has 2 aromatic rings. The number of hydrogen-bond acceptors (Lipinski definition) is 5. The molecule has 2 aromatic heterocycles. The fraction of sp³-hybridized carbons (Fsp3) is 0.429. The molecule has 0 radical (unpaired) electrons. The third-order valence-electron chi connectivity index (χ3n) is 5.42. The van der Waals surface area contributed by atoms with Crippen molar-refractivity contribution in [1.82, 2.24) is 24.8 Å². The van der Waals surface area contributed by atoms with Gasteiger partial charge in [-0.1, -0.05) is 12.2 Å². The SMILES string of the molecule is CNCc1nc2n(c1-c1ccc(N3CCC(N(C)C)C3)nc1)C=CC=CC2. The number of imidazole rings is 1. The van der Waals surface area contributed by atoms with Crippen molar-refractivity contribution >= 4 is 12.0 Å². The number of pyridine rings is 1. The summed E-state index contributed by atoms with van der Waals surface area (Å²) >= 11 is 0. The Labute approximate surface area is 161 Å². The van der Waals surface area contributed by atoms with E-state index in [4.69, 9.17) is 9.97 Å². The van der Waals surface area contributed by atoms with Gasteiger partial charge in [-0.2, -0.15) is 0 Å². The summed E-state index contributed by atoms with van der Waals surface area (Å²) in [4.78, 5) is 14.3. The lowest BCUT2D eigenvalue weighted by atomic mass is 10.1. The van der Waals surface area contributed by atoms with Crippen LogP contribution in [0.2, 0.25) is 0 Å². The Morgan fingerprint density at radius 3 is 2.85 bits per heavy atom. The maximum Gasteiger partial charge on any atom is 0.128 e. The molecular formula is C21H28N6. The van der Waals surface area contributed by atoms with Crippen molar-refractivity contribution in [2.24, 2.45) is 0 Å². The molecule has 0 aliphatic carbocycles. The second-order valence-corrected chi connectivity index (χ2v) is 7.45. The zero-order valence-electron chi connectivity index (χ0n) is 16.4. The van der Waals surface area contributed by atoms with Crippen LogP contribution in [0.1, 0.15) is 17.9 Å². The largest absolute Gasteiger partial charge is 0.355 e. The zero-order chi connectivity index (χ0) is 18.8. The van der Waals surface area contributed by atoms with Gasteiger partial charge in [-0.3, -0.25) is 0 Å². The number of aromatic nitrogens is 3. The maximum atomic E-state index is 4.86. The van der Waals surface area contributed by atoms with Crippen molar-refractivity contribution in [3.05, 3.63) is 48.1 Å². The zero-order valence-corrected chi connectivity index (χ0v) is 16.4. The number of nitrogens with zero attached hydrogens (tertiary/aromatic N) is 5. The van der Waals surface area contributed by atoms with Gasteiger partial charge >= 0.3 is 0 Å². The predicted molar refractivity (Wildman–Crippen MR) is 111 cm³/mol. The molecule has 142 valence electrons. The van der Waals surface area contributed by atoms with Crippen LogP contribution >= 0.6 is 0 Å². The van der Waals surface area contributed by atoms with Gasteiger partial charge in [-0.25, -0.2) is 9.97 Å². The van der Waals surface area contributed by atoms with Crippen molar-refractivity contribution in [1.29, 1.82) is 0 Å². The lowest BCUT2D eigenvalue weighted by molar-refractivity contribution is 0.315. The molecule has 2 aliphatic rings. The van der Waals surface area contributed by atoms with Gasteiger partial charge in [0.15, 0.2) is 0 Å². The molecule has 2 aliphatic heterocycles. The van der Waals surface area contributed by atoms with Gasteiger partial charge in [0.2, 0.25) is 0 Å². The molecule has 1 N–H and O–H groups in total. The van der Waals surface area contributed by atoms with Gasteiger partial charge in [0.05, 0.1) is 11.4 Å². The average Bonchev–Trinajstić information content (AvgIpc) is 3.22. The molecule has 0 bridgehead atoms. The molecule has 0 saturated carbocycles. The van der Waals surface area contributed by atoms with Crippen molar-refractivity contribution in [3.8, 4) is 11.3 Å². The Hall–Kier alpha value is -2.44. The van der Waals surface area contributed by atoms with E-state index in [1.807, 2.05) is 13.2 Å². The number of hydrogen-bond donors (Lipinski definition) is 1. The van der Waals surface area contributed by atoms with Crippen LogP contribution in [0.4, 0.5) is 5.82 Å². The summed E-state index contributed by atoms with van der Waals surface area (Å²) in [5, 5.41) is 3.24. The highest BCUT2D eigenvalue weighted by molar-refractivity contribution is 5.67. The van der Waals surface area contributed by atoms with Crippen molar-refractivity contribution in [2.75, 3.05) is 39.1 Å². The second-order valence-electron chi connectivity index (χ2n) is 7.45. The van der Waals surface area contributed by atoms with E-state index in [9.17, 15) is 0 Å². The Kier molecular flexibility index (Phi) is 5.09. The van der Waals surface area contributed by atoms with E-state index in [0.717, 1.165) is 54.6 Å². The van der Waals surface area contributed by atoms with Crippen LogP contribution in [-0.2, 0) is 13.0 Å². The van der Waals surface area contributed by atoms with E-state index < -0.39 is 0 Å². The molecule has 1 saturated heterocycles. The summed E-state index contributed by atoms with van der Waals surface area (Å²) in [6, 6.07) is 4.94. The maximum absolute atomic E-state index is 4.86. The molecule has 27 heavy (non-hydrogen) atoms. The van der Waals surface area contributed by atoms with E-state index in [-0.39, 0.29) is 0 Å². The van der Waals surface area contributed by atoms with Crippen LogP contribution in [0, 0.1) is 0 Å². The first-order valence-electron chi connectivity index (χ1n) is 9.63. The minimum atomic E-state index is 0.608. The number of fused-ring (bicyclic) bond motifs is 1. The van der Waals surface area contributed by atoms with Crippen molar-refractivity contribution in [3.63, 3.8) is 0 Å². The monoisotopic (exact) mass is 364 g/mol. The Morgan fingerprint density at radius 1 is 1.26 bits per heavy atom. The van der Waals surface area contributed by atoms with E-state index in [1.54, 1.807) is 0 Å². The van der Waals surface area contributed by atoms with Crippen molar-refractivity contribution in [2.45, 2.75) is 25.4 Å². The van der Waals surface area contributed by atoms with Gasteiger partial charge in [-0.15, -0.1) is 0 Å². The summed E-state index contributed by atoms with van der Waals surface area (Å²) in [6.07, 6.45) is 12.4. The Morgan fingerprint density at radius 2 is 2.15 bits per heavy atom. The second kappa shape index (κ2) is 7.66. The summed E-state index contributed by atoms with van der Waals surface area (Å²) in [5.74, 6) is 2.13. The minimum Gasteiger partial charge on any atom is -0.355 e. The Bertz CT molecular complexity index is 846. The highest BCUT2D eigenvalue weighted by Gasteiger charge is 2.25. The lowest BCUT2D eigenvalue weighted by Gasteiger charge is -2.21. The molecule has 1 fully saturated rings. The third-order valence-corrected chi connectivity index (χ3v) is 5.42. The van der Waals surface area contributed by atoms with Gasteiger partial charge in [0.1, 0.15) is 11.6 Å². The number of allylic oxidation sites excluding steroid dienone is 3. The first-order chi connectivity index (χ1) is 13.2. The van der Waals surface area contributed by atoms with Crippen molar-refractivity contribution < 1.29 is 0 Å². The lowest BCUT2D eigenvalue weighted by Crippen LogP contribution is -2.31. The highest BCUT2D eigenvalue weighted by atomic mass is 15.3. The van der Waals surface area contributed by atoms with Crippen LogP contribution in [0.15, 0.2) is 36.6 Å². The smallest absolute Gasteiger partial charge is 0.128 e. The number of likely N-dealkylation sites (N-methyl/N-ethyl adjacent to an activating group) is 1. The van der Waals surface area contributed by atoms with Gasteiger partial charge in [-0.05, 0) is 45.8 Å². The van der Waals surface area contributed by atoms with Gasteiger partial charge < -0.3 is 19.7 Å². The Balaban J connectivity index is 1.64. The van der Waals surface area contributed by atoms with Crippen LogP contribution in [0.25, 0.3) is 17.5 Å². The third kappa shape index (κ3) is 3.55. The van der Waals surface area contributed by atoms with E-state index in [1.165, 1.54) is 6.42 Å². The fourth-order valence-electron chi connectivity index (χ4n) is 3.90. The molecular weight excluding hydrogens is 336 g/mol. The van der Waals surface area contributed by atoms with Crippen LogP contribution in [0.3, 0.4) is 0 Å².